The standard InChI is InChI=1S/C13H18N4O2/c1-8-5-14-11(9(2)13(8)19-4)6-17-10(3)12(7-18)15-16-17/h5,18H,6-7H2,1-4H3. The van der Waals surface area contributed by atoms with Crippen LogP contribution in [0.5, 0.6) is 5.75 Å². The van der Waals surface area contributed by atoms with E-state index in [0.29, 0.717) is 12.2 Å². The molecule has 0 fully saturated rings. The molecule has 1 N–H and O–H groups in total. The summed E-state index contributed by atoms with van der Waals surface area (Å²) in [6.45, 7) is 6.24. The maximum absolute atomic E-state index is 9.12. The lowest BCUT2D eigenvalue weighted by atomic mass is 10.1. The van der Waals surface area contributed by atoms with Crippen LogP contribution in [-0.4, -0.2) is 32.2 Å². The number of aromatic nitrogens is 4. The highest BCUT2D eigenvalue weighted by Gasteiger charge is 2.13. The summed E-state index contributed by atoms with van der Waals surface area (Å²) in [7, 11) is 1.66. The number of rotatable bonds is 4. The molecular weight excluding hydrogens is 244 g/mol. The summed E-state index contributed by atoms with van der Waals surface area (Å²) in [4.78, 5) is 4.43. The van der Waals surface area contributed by atoms with Crippen LogP contribution in [0.3, 0.4) is 0 Å². The van der Waals surface area contributed by atoms with Crippen molar-refractivity contribution in [3.8, 4) is 5.75 Å². The number of aryl methyl sites for hydroxylation is 1. The maximum atomic E-state index is 9.12. The molecule has 0 spiro atoms. The number of hydrogen-bond donors (Lipinski definition) is 1. The second-order valence-corrected chi connectivity index (χ2v) is 4.48. The normalized spacial score (nSPS) is 10.8. The Morgan fingerprint density at radius 3 is 2.58 bits per heavy atom. The highest BCUT2D eigenvalue weighted by molar-refractivity contribution is 5.41. The van der Waals surface area contributed by atoms with E-state index in [2.05, 4.69) is 15.3 Å². The molecule has 6 nitrogen and oxygen atoms in total. The predicted molar refractivity (Wildman–Crippen MR) is 70.0 cm³/mol. The first-order valence-corrected chi connectivity index (χ1v) is 6.07. The van der Waals surface area contributed by atoms with E-state index in [1.165, 1.54) is 0 Å². The van der Waals surface area contributed by atoms with E-state index in [1.807, 2.05) is 20.8 Å². The van der Waals surface area contributed by atoms with Crippen LogP contribution in [0.15, 0.2) is 6.20 Å². The van der Waals surface area contributed by atoms with Crippen LogP contribution >= 0.6 is 0 Å². The molecule has 0 saturated carbocycles. The molecule has 0 unspecified atom stereocenters. The summed E-state index contributed by atoms with van der Waals surface area (Å²) < 4.78 is 7.12. The SMILES string of the molecule is COc1c(C)cnc(Cn2nnc(CO)c2C)c1C. The van der Waals surface area contributed by atoms with Crippen LogP contribution in [-0.2, 0) is 13.2 Å². The molecule has 6 heteroatoms. The Morgan fingerprint density at radius 1 is 1.26 bits per heavy atom. The number of hydrogen-bond acceptors (Lipinski definition) is 5. The summed E-state index contributed by atoms with van der Waals surface area (Å²) in [5, 5.41) is 17.1. The molecule has 0 aliphatic heterocycles. The first-order chi connectivity index (χ1) is 9.08. The predicted octanol–water partition coefficient (Wildman–Crippen LogP) is 1.15. The number of aliphatic hydroxyl groups excluding tert-OH is 1. The maximum Gasteiger partial charge on any atom is 0.128 e. The quantitative estimate of drug-likeness (QED) is 0.894. The van der Waals surface area contributed by atoms with Crippen molar-refractivity contribution < 1.29 is 9.84 Å². The summed E-state index contributed by atoms with van der Waals surface area (Å²) in [5.74, 6) is 0.852. The molecule has 102 valence electrons. The third-order valence-corrected chi connectivity index (χ3v) is 3.28. The van der Waals surface area contributed by atoms with Crippen LogP contribution < -0.4 is 4.74 Å². The fourth-order valence-electron chi connectivity index (χ4n) is 2.06. The van der Waals surface area contributed by atoms with Crippen molar-refractivity contribution in [2.75, 3.05) is 7.11 Å². The molecule has 0 bridgehead atoms. The molecule has 2 aromatic heterocycles. The van der Waals surface area contributed by atoms with E-state index in [9.17, 15) is 0 Å². The Morgan fingerprint density at radius 2 is 2.00 bits per heavy atom. The van der Waals surface area contributed by atoms with Crippen LogP contribution in [0, 0.1) is 20.8 Å². The van der Waals surface area contributed by atoms with Gasteiger partial charge in [-0.05, 0) is 20.8 Å². The molecule has 0 amide bonds. The first-order valence-electron chi connectivity index (χ1n) is 6.07. The Kier molecular flexibility index (Phi) is 3.80. The van der Waals surface area contributed by atoms with Crippen LogP contribution in [0.4, 0.5) is 0 Å². The average Bonchev–Trinajstić information content (AvgIpc) is 2.74. The lowest BCUT2D eigenvalue weighted by molar-refractivity contribution is 0.276. The van der Waals surface area contributed by atoms with Crippen molar-refractivity contribution in [3.05, 3.63) is 34.4 Å². The van der Waals surface area contributed by atoms with Gasteiger partial charge in [0.1, 0.15) is 11.4 Å². The number of ether oxygens (including phenoxy) is 1. The van der Waals surface area contributed by atoms with E-state index in [-0.39, 0.29) is 6.61 Å². The van der Waals surface area contributed by atoms with Crippen molar-refractivity contribution >= 4 is 0 Å². The summed E-state index contributed by atoms with van der Waals surface area (Å²) in [5.41, 5.74) is 4.35. The van der Waals surface area contributed by atoms with Crippen molar-refractivity contribution in [1.29, 1.82) is 0 Å². The van der Waals surface area contributed by atoms with Gasteiger partial charge in [-0.2, -0.15) is 0 Å². The molecule has 2 rings (SSSR count). The molecular formula is C13H18N4O2. The van der Waals surface area contributed by atoms with Crippen molar-refractivity contribution in [1.82, 2.24) is 20.0 Å². The van der Waals surface area contributed by atoms with Crippen molar-refractivity contribution in [2.45, 2.75) is 33.9 Å². The molecule has 0 radical (unpaired) electrons. The number of pyridine rings is 1. The van der Waals surface area contributed by atoms with Gasteiger partial charge in [0, 0.05) is 17.3 Å². The largest absolute Gasteiger partial charge is 0.496 e. The first kappa shape index (κ1) is 13.5. The van der Waals surface area contributed by atoms with Crippen LogP contribution in [0.1, 0.15) is 28.2 Å². The van der Waals surface area contributed by atoms with Gasteiger partial charge in [-0.1, -0.05) is 5.21 Å². The number of nitrogens with zero attached hydrogens (tertiary/aromatic N) is 4. The number of methoxy groups -OCH3 is 1. The number of aliphatic hydroxyl groups is 1. The highest BCUT2D eigenvalue weighted by atomic mass is 16.5. The van der Waals surface area contributed by atoms with E-state index in [1.54, 1.807) is 18.0 Å². The Balaban J connectivity index is 2.36. The van der Waals surface area contributed by atoms with Gasteiger partial charge in [0.2, 0.25) is 0 Å². The third kappa shape index (κ3) is 2.44. The Bertz CT molecular complexity index is 593. The zero-order valence-electron chi connectivity index (χ0n) is 11.6. The fourth-order valence-corrected chi connectivity index (χ4v) is 2.06. The Labute approximate surface area is 112 Å². The van der Waals surface area contributed by atoms with Gasteiger partial charge in [0.05, 0.1) is 31.6 Å². The van der Waals surface area contributed by atoms with Gasteiger partial charge in [-0.15, -0.1) is 5.10 Å². The molecule has 0 aromatic carbocycles. The second kappa shape index (κ2) is 5.36. The van der Waals surface area contributed by atoms with Gasteiger partial charge in [0.25, 0.3) is 0 Å². The van der Waals surface area contributed by atoms with Gasteiger partial charge < -0.3 is 9.84 Å². The van der Waals surface area contributed by atoms with Crippen LogP contribution in [0.25, 0.3) is 0 Å². The van der Waals surface area contributed by atoms with E-state index < -0.39 is 0 Å². The topological polar surface area (TPSA) is 73.1 Å². The molecule has 0 aliphatic carbocycles. The molecule has 19 heavy (non-hydrogen) atoms. The minimum absolute atomic E-state index is 0.102. The van der Waals surface area contributed by atoms with Crippen molar-refractivity contribution in [2.24, 2.45) is 0 Å². The molecule has 0 atom stereocenters. The smallest absolute Gasteiger partial charge is 0.128 e. The highest BCUT2D eigenvalue weighted by Crippen LogP contribution is 2.24. The lowest BCUT2D eigenvalue weighted by Gasteiger charge is -2.12. The van der Waals surface area contributed by atoms with E-state index >= 15 is 0 Å². The fraction of sp³-hybridized carbons (Fsp3) is 0.462. The van der Waals surface area contributed by atoms with Crippen molar-refractivity contribution in [3.63, 3.8) is 0 Å². The third-order valence-electron chi connectivity index (χ3n) is 3.28. The van der Waals surface area contributed by atoms with Gasteiger partial charge in [0.15, 0.2) is 0 Å². The van der Waals surface area contributed by atoms with Gasteiger partial charge in [-0.3, -0.25) is 4.98 Å². The minimum Gasteiger partial charge on any atom is -0.496 e. The van der Waals surface area contributed by atoms with E-state index in [0.717, 1.165) is 28.3 Å². The second-order valence-electron chi connectivity index (χ2n) is 4.48. The Hall–Kier alpha value is -1.95. The minimum atomic E-state index is -0.102. The molecule has 2 aromatic rings. The van der Waals surface area contributed by atoms with Gasteiger partial charge in [-0.25, -0.2) is 4.68 Å². The molecule has 2 heterocycles. The lowest BCUT2D eigenvalue weighted by Crippen LogP contribution is -2.09. The van der Waals surface area contributed by atoms with E-state index in [4.69, 9.17) is 9.84 Å². The molecule has 0 saturated heterocycles. The molecule has 0 aliphatic rings. The van der Waals surface area contributed by atoms with Gasteiger partial charge >= 0.3 is 0 Å². The summed E-state index contributed by atoms with van der Waals surface area (Å²) in [6.07, 6.45) is 1.79. The van der Waals surface area contributed by atoms with Crippen LogP contribution in [0.2, 0.25) is 0 Å². The summed E-state index contributed by atoms with van der Waals surface area (Å²) in [6, 6.07) is 0. The monoisotopic (exact) mass is 262 g/mol. The zero-order chi connectivity index (χ0) is 14.0. The summed E-state index contributed by atoms with van der Waals surface area (Å²) >= 11 is 0. The average molecular weight is 262 g/mol. The zero-order valence-corrected chi connectivity index (χ0v) is 11.6.